The summed E-state index contributed by atoms with van der Waals surface area (Å²) < 4.78 is 10.4. The average molecular weight is 439 g/mol. The predicted octanol–water partition coefficient (Wildman–Crippen LogP) is 1.33. The van der Waals surface area contributed by atoms with Crippen LogP contribution < -0.4 is 25.0 Å². The summed E-state index contributed by atoms with van der Waals surface area (Å²) in [7, 11) is 3.00. The lowest BCUT2D eigenvalue weighted by atomic mass is 9.98. The number of carbonyl (C=O) groups is 3. The third kappa shape index (κ3) is 4.11. The molecule has 2 heterocycles. The lowest BCUT2D eigenvalue weighted by Crippen LogP contribution is -2.37. The summed E-state index contributed by atoms with van der Waals surface area (Å²) >= 11 is 0. The van der Waals surface area contributed by atoms with Crippen molar-refractivity contribution in [1.82, 2.24) is 5.32 Å². The minimum absolute atomic E-state index is 0.125. The van der Waals surface area contributed by atoms with Crippen molar-refractivity contribution in [3.63, 3.8) is 0 Å². The highest BCUT2D eigenvalue weighted by Crippen LogP contribution is 2.38. The normalized spacial score (nSPS) is 15.1. The number of aryl methyl sites for hydroxylation is 1. The second kappa shape index (κ2) is 8.88. The zero-order valence-electron chi connectivity index (χ0n) is 17.9. The van der Waals surface area contributed by atoms with Gasteiger partial charge in [0.25, 0.3) is 0 Å². The maximum atomic E-state index is 12.4. The number of amides is 3. The highest BCUT2D eigenvalue weighted by atomic mass is 16.5. The molecule has 0 saturated carbocycles. The van der Waals surface area contributed by atoms with Crippen LogP contribution in [0.25, 0.3) is 0 Å². The van der Waals surface area contributed by atoms with Gasteiger partial charge >= 0.3 is 11.8 Å². The molecule has 0 saturated heterocycles. The molecule has 168 valence electrons. The van der Waals surface area contributed by atoms with Crippen molar-refractivity contribution < 1.29 is 29.0 Å². The van der Waals surface area contributed by atoms with Crippen LogP contribution in [0.1, 0.15) is 29.2 Å². The van der Waals surface area contributed by atoms with E-state index < -0.39 is 17.9 Å². The molecule has 2 aliphatic rings. The number of hydrogen-bond acceptors (Lipinski definition) is 6. The zero-order valence-corrected chi connectivity index (χ0v) is 17.9. The Morgan fingerprint density at radius 2 is 1.75 bits per heavy atom. The maximum Gasteiger partial charge on any atom is 0.313 e. The van der Waals surface area contributed by atoms with E-state index in [2.05, 4.69) is 10.6 Å². The Morgan fingerprint density at radius 1 is 1.03 bits per heavy atom. The monoisotopic (exact) mass is 439 g/mol. The van der Waals surface area contributed by atoms with E-state index in [9.17, 15) is 19.5 Å². The molecule has 0 aliphatic carbocycles. The quantitative estimate of drug-likeness (QED) is 0.585. The second-order valence-corrected chi connectivity index (χ2v) is 7.73. The molecule has 9 nitrogen and oxygen atoms in total. The Labute approximate surface area is 185 Å². The van der Waals surface area contributed by atoms with E-state index >= 15 is 0 Å². The molecule has 0 spiro atoms. The highest BCUT2D eigenvalue weighted by molar-refractivity contribution is 6.39. The second-order valence-electron chi connectivity index (χ2n) is 7.73. The van der Waals surface area contributed by atoms with E-state index in [1.165, 1.54) is 14.2 Å². The Morgan fingerprint density at radius 3 is 2.47 bits per heavy atom. The van der Waals surface area contributed by atoms with Crippen LogP contribution in [-0.4, -0.2) is 50.1 Å². The van der Waals surface area contributed by atoms with Crippen molar-refractivity contribution in [2.24, 2.45) is 0 Å². The van der Waals surface area contributed by atoms with Gasteiger partial charge in [-0.3, -0.25) is 14.4 Å². The van der Waals surface area contributed by atoms with E-state index in [0.29, 0.717) is 42.1 Å². The van der Waals surface area contributed by atoms with Crippen LogP contribution >= 0.6 is 0 Å². The lowest BCUT2D eigenvalue weighted by molar-refractivity contribution is -0.136. The fraction of sp³-hybridized carbons (Fsp3) is 0.348. The Bertz CT molecular complexity index is 1080. The SMILES string of the molecule is COc1ccc(C(O)CNC(=O)C(=O)Nc2cc3c4c(c2)CCN4C(=O)CC3)cc1OC. The molecule has 2 aromatic rings. The topological polar surface area (TPSA) is 117 Å². The fourth-order valence-corrected chi connectivity index (χ4v) is 4.17. The van der Waals surface area contributed by atoms with Gasteiger partial charge in [-0.15, -0.1) is 0 Å². The van der Waals surface area contributed by atoms with E-state index in [4.69, 9.17) is 9.47 Å². The standard InChI is InChI=1S/C23H25N3O6/c1-31-18-5-3-13(11-19(18)32-2)17(27)12-24-22(29)23(30)25-16-9-14-4-6-20(28)26-8-7-15(10-16)21(14)26/h3,5,9-11,17,27H,4,6-8,12H2,1-2H3,(H,24,29)(H,25,30). The summed E-state index contributed by atoms with van der Waals surface area (Å²) in [6.07, 6.45) is 0.754. The largest absolute Gasteiger partial charge is 0.493 e. The van der Waals surface area contributed by atoms with Crippen LogP contribution in [0.2, 0.25) is 0 Å². The summed E-state index contributed by atoms with van der Waals surface area (Å²) in [5, 5.41) is 15.4. The molecule has 1 atom stereocenters. The van der Waals surface area contributed by atoms with E-state index in [-0.39, 0.29) is 12.5 Å². The van der Waals surface area contributed by atoms with E-state index in [1.54, 1.807) is 29.2 Å². The Kier molecular flexibility index (Phi) is 6.00. The minimum atomic E-state index is -1.03. The van der Waals surface area contributed by atoms with Crippen LogP contribution in [0.5, 0.6) is 11.5 Å². The summed E-state index contributed by atoms with van der Waals surface area (Å²) in [6.45, 7) is 0.501. The molecule has 0 bridgehead atoms. The zero-order chi connectivity index (χ0) is 22.8. The number of aliphatic hydroxyl groups is 1. The first kappa shape index (κ1) is 21.6. The molecule has 0 fully saturated rings. The molecular weight excluding hydrogens is 414 g/mol. The number of nitrogens with one attached hydrogen (secondary N) is 2. The predicted molar refractivity (Wildman–Crippen MR) is 117 cm³/mol. The molecule has 1 unspecified atom stereocenters. The van der Waals surface area contributed by atoms with Gasteiger partial charge in [-0.05, 0) is 53.8 Å². The van der Waals surface area contributed by atoms with Gasteiger partial charge in [0.05, 0.1) is 26.0 Å². The van der Waals surface area contributed by atoms with Crippen molar-refractivity contribution in [3.05, 3.63) is 47.0 Å². The number of rotatable bonds is 6. The number of hydrogen-bond donors (Lipinski definition) is 3. The first-order valence-corrected chi connectivity index (χ1v) is 10.4. The van der Waals surface area contributed by atoms with Crippen molar-refractivity contribution in [3.8, 4) is 11.5 Å². The van der Waals surface area contributed by atoms with Crippen LogP contribution in [0.15, 0.2) is 30.3 Å². The smallest absolute Gasteiger partial charge is 0.313 e. The summed E-state index contributed by atoms with van der Waals surface area (Å²) in [4.78, 5) is 38.5. The molecule has 2 aliphatic heterocycles. The fourth-order valence-electron chi connectivity index (χ4n) is 4.17. The van der Waals surface area contributed by atoms with Crippen LogP contribution in [0.4, 0.5) is 11.4 Å². The first-order chi connectivity index (χ1) is 15.4. The minimum Gasteiger partial charge on any atom is -0.493 e. The molecule has 9 heteroatoms. The molecule has 4 rings (SSSR count). The Hall–Kier alpha value is -3.59. The number of carbonyl (C=O) groups excluding carboxylic acids is 3. The van der Waals surface area contributed by atoms with Gasteiger partial charge in [0, 0.05) is 25.2 Å². The van der Waals surface area contributed by atoms with Gasteiger partial charge in [0.2, 0.25) is 5.91 Å². The molecule has 3 N–H and O–H groups in total. The van der Waals surface area contributed by atoms with Crippen LogP contribution in [-0.2, 0) is 27.2 Å². The molecule has 32 heavy (non-hydrogen) atoms. The van der Waals surface area contributed by atoms with Crippen molar-refractivity contribution >= 4 is 29.1 Å². The molecule has 2 aromatic carbocycles. The number of benzene rings is 2. The van der Waals surface area contributed by atoms with Crippen molar-refractivity contribution in [1.29, 1.82) is 0 Å². The number of aliphatic hydroxyl groups excluding tert-OH is 1. The number of anilines is 2. The maximum absolute atomic E-state index is 12.4. The van der Waals surface area contributed by atoms with Gasteiger partial charge in [-0.2, -0.15) is 0 Å². The van der Waals surface area contributed by atoms with Gasteiger partial charge in [0.1, 0.15) is 0 Å². The van der Waals surface area contributed by atoms with Gasteiger partial charge in [0.15, 0.2) is 11.5 Å². The third-order valence-corrected chi connectivity index (χ3v) is 5.76. The average Bonchev–Trinajstić information content (AvgIpc) is 3.24. The molecule has 0 radical (unpaired) electrons. The Balaban J connectivity index is 1.37. The summed E-state index contributed by atoms with van der Waals surface area (Å²) in [6, 6.07) is 8.54. The van der Waals surface area contributed by atoms with Gasteiger partial charge in [-0.25, -0.2) is 0 Å². The van der Waals surface area contributed by atoms with E-state index in [0.717, 1.165) is 23.2 Å². The third-order valence-electron chi connectivity index (χ3n) is 5.76. The van der Waals surface area contributed by atoms with Crippen molar-refractivity contribution in [2.75, 3.05) is 37.5 Å². The summed E-state index contributed by atoms with van der Waals surface area (Å²) in [5.41, 5.74) is 3.98. The van der Waals surface area contributed by atoms with Crippen LogP contribution in [0.3, 0.4) is 0 Å². The number of nitrogens with zero attached hydrogens (tertiary/aromatic N) is 1. The lowest BCUT2D eigenvalue weighted by Gasteiger charge is -2.25. The van der Waals surface area contributed by atoms with Crippen LogP contribution in [0, 0.1) is 0 Å². The van der Waals surface area contributed by atoms with Gasteiger partial charge < -0.3 is 30.1 Å². The summed E-state index contributed by atoms with van der Waals surface area (Å²) in [5.74, 6) is -0.573. The highest BCUT2D eigenvalue weighted by Gasteiger charge is 2.31. The molecule has 3 amide bonds. The number of ether oxygens (including phenoxy) is 2. The molecular formula is C23H25N3O6. The van der Waals surface area contributed by atoms with Gasteiger partial charge in [-0.1, -0.05) is 6.07 Å². The van der Waals surface area contributed by atoms with E-state index in [1.807, 2.05) is 6.07 Å². The van der Waals surface area contributed by atoms with Crippen molar-refractivity contribution in [2.45, 2.75) is 25.4 Å². The first-order valence-electron chi connectivity index (χ1n) is 10.4. The molecule has 0 aromatic heterocycles. The number of methoxy groups -OCH3 is 2.